The molecule has 3 rings (SSSR count). The Morgan fingerprint density at radius 2 is 2.43 bits per heavy atom. The van der Waals surface area contributed by atoms with Gasteiger partial charge in [0.05, 0.1) is 6.20 Å². The molecule has 3 heterocycles. The van der Waals surface area contributed by atoms with Gasteiger partial charge in [-0.25, -0.2) is 0 Å². The smallest absolute Gasteiger partial charge is 0.247 e. The predicted molar refractivity (Wildman–Crippen MR) is 78.8 cm³/mol. The van der Waals surface area contributed by atoms with E-state index in [1.807, 2.05) is 25.5 Å². The van der Waals surface area contributed by atoms with E-state index in [1.165, 1.54) is 0 Å². The van der Waals surface area contributed by atoms with Gasteiger partial charge in [0.1, 0.15) is 6.10 Å². The molecule has 2 N–H and O–H groups in total. The van der Waals surface area contributed by atoms with Crippen LogP contribution in [0.15, 0.2) is 35.5 Å². The second-order valence-electron chi connectivity index (χ2n) is 5.43. The summed E-state index contributed by atoms with van der Waals surface area (Å²) in [7, 11) is 1.91. The van der Waals surface area contributed by atoms with Crippen LogP contribution in [-0.2, 0) is 18.3 Å². The number of pyridine rings is 1. The summed E-state index contributed by atoms with van der Waals surface area (Å²) in [6.45, 7) is 1.50. The molecular weight excluding hydrogens is 268 g/mol. The molecule has 1 fully saturated rings. The first-order chi connectivity index (χ1) is 10.2. The van der Waals surface area contributed by atoms with Gasteiger partial charge < -0.3 is 15.0 Å². The summed E-state index contributed by atoms with van der Waals surface area (Å²) in [5, 5.41) is 7.75. The average Bonchev–Trinajstić information content (AvgIpc) is 2.93. The summed E-state index contributed by atoms with van der Waals surface area (Å²) in [5.74, 6) is 0. The Hall–Kier alpha value is -1.92. The van der Waals surface area contributed by atoms with Crippen LogP contribution in [0.25, 0.3) is 0 Å². The Morgan fingerprint density at radius 3 is 3.14 bits per heavy atom. The molecule has 1 aliphatic heterocycles. The number of aromatic nitrogens is 3. The Balaban J connectivity index is 1.67. The molecule has 0 unspecified atom stereocenters. The van der Waals surface area contributed by atoms with Crippen LogP contribution in [-0.4, -0.2) is 27.4 Å². The molecule has 0 radical (unpaired) electrons. The molecule has 0 saturated carbocycles. The maximum absolute atomic E-state index is 11.1. The van der Waals surface area contributed by atoms with E-state index in [2.05, 4.69) is 15.4 Å². The number of hydrogen-bond donors (Lipinski definition) is 2. The molecule has 112 valence electrons. The monoisotopic (exact) mass is 288 g/mol. The van der Waals surface area contributed by atoms with Crippen molar-refractivity contribution in [1.82, 2.24) is 20.1 Å². The molecule has 0 amide bonds. The van der Waals surface area contributed by atoms with E-state index in [1.54, 1.807) is 16.9 Å². The molecule has 2 atom stereocenters. The zero-order valence-corrected chi connectivity index (χ0v) is 12.1. The summed E-state index contributed by atoms with van der Waals surface area (Å²) in [4.78, 5) is 13.8. The standard InChI is InChI=1S/C15H20N4O2/c1-19-10-12(9-18-19)15-13(3-2-6-21-15)16-7-11-4-5-14(20)17-8-11/h4-5,8-10,13,15-16H,2-3,6-7H2,1H3,(H,17,20)/t13-,15+/m1/s1. The van der Waals surface area contributed by atoms with Crippen molar-refractivity contribution in [3.05, 3.63) is 52.2 Å². The molecule has 2 aromatic heterocycles. The Labute approximate surface area is 123 Å². The van der Waals surface area contributed by atoms with Crippen LogP contribution in [0, 0.1) is 0 Å². The zero-order valence-electron chi connectivity index (χ0n) is 12.1. The number of ether oxygens (including phenoxy) is 1. The highest BCUT2D eigenvalue weighted by Crippen LogP contribution is 2.28. The highest BCUT2D eigenvalue weighted by Gasteiger charge is 2.27. The Kier molecular flexibility index (Phi) is 4.17. The second kappa shape index (κ2) is 6.24. The number of nitrogens with one attached hydrogen (secondary N) is 2. The lowest BCUT2D eigenvalue weighted by molar-refractivity contribution is -0.0112. The number of rotatable bonds is 4. The van der Waals surface area contributed by atoms with E-state index in [0.717, 1.165) is 30.6 Å². The summed E-state index contributed by atoms with van der Waals surface area (Å²) < 4.78 is 7.72. The topological polar surface area (TPSA) is 71.9 Å². The van der Waals surface area contributed by atoms with E-state index >= 15 is 0 Å². The van der Waals surface area contributed by atoms with Crippen molar-refractivity contribution in [1.29, 1.82) is 0 Å². The van der Waals surface area contributed by atoms with E-state index in [9.17, 15) is 4.79 Å². The zero-order chi connectivity index (χ0) is 14.7. The normalized spacial score (nSPS) is 22.3. The molecule has 6 heteroatoms. The molecule has 0 spiro atoms. The van der Waals surface area contributed by atoms with Gasteiger partial charge in [-0.3, -0.25) is 9.48 Å². The number of H-pyrrole nitrogens is 1. The maximum Gasteiger partial charge on any atom is 0.247 e. The lowest BCUT2D eigenvalue weighted by atomic mass is 9.98. The third kappa shape index (κ3) is 3.40. The van der Waals surface area contributed by atoms with Crippen molar-refractivity contribution < 1.29 is 4.74 Å². The molecular formula is C15H20N4O2. The number of aromatic amines is 1. The van der Waals surface area contributed by atoms with Crippen LogP contribution >= 0.6 is 0 Å². The Morgan fingerprint density at radius 1 is 1.52 bits per heavy atom. The molecule has 0 bridgehead atoms. The lowest BCUT2D eigenvalue weighted by Crippen LogP contribution is -2.39. The van der Waals surface area contributed by atoms with Crippen LogP contribution in [0.3, 0.4) is 0 Å². The minimum absolute atomic E-state index is 0.0372. The van der Waals surface area contributed by atoms with Crippen molar-refractivity contribution in [2.24, 2.45) is 7.05 Å². The number of aryl methyl sites for hydroxylation is 1. The van der Waals surface area contributed by atoms with E-state index < -0.39 is 0 Å². The minimum atomic E-state index is -0.0759. The first kappa shape index (κ1) is 14.0. The second-order valence-corrected chi connectivity index (χ2v) is 5.43. The lowest BCUT2D eigenvalue weighted by Gasteiger charge is -2.32. The van der Waals surface area contributed by atoms with Gasteiger partial charge >= 0.3 is 0 Å². The molecule has 2 aromatic rings. The summed E-state index contributed by atoms with van der Waals surface area (Å²) in [6, 6.07) is 3.65. The fourth-order valence-electron chi connectivity index (χ4n) is 2.71. The van der Waals surface area contributed by atoms with Crippen molar-refractivity contribution in [2.45, 2.75) is 31.5 Å². The SMILES string of the molecule is Cn1cc([C@@H]2OCCC[C@H]2NCc2ccc(=O)[nH]c2)cn1. The van der Waals surface area contributed by atoms with E-state index in [0.29, 0.717) is 6.54 Å². The fourth-order valence-corrected chi connectivity index (χ4v) is 2.71. The van der Waals surface area contributed by atoms with Gasteiger partial charge in [0, 0.05) is 50.3 Å². The fraction of sp³-hybridized carbons (Fsp3) is 0.467. The quantitative estimate of drug-likeness (QED) is 0.884. The molecule has 0 aromatic carbocycles. The number of hydrogen-bond acceptors (Lipinski definition) is 4. The first-order valence-corrected chi connectivity index (χ1v) is 7.23. The highest BCUT2D eigenvalue weighted by atomic mass is 16.5. The van der Waals surface area contributed by atoms with E-state index in [-0.39, 0.29) is 17.7 Å². The van der Waals surface area contributed by atoms with Gasteiger partial charge in [0.25, 0.3) is 0 Å². The minimum Gasteiger partial charge on any atom is -0.372 e. The van der Waals surface area contributed by atoms with Gasteiger partial charge in [-0.15, -0.1) is 0 Å². The molecule has 1 aliphatic rings. The van der Waals surface area contributed by atoms with Gasteiger partial charge in [-0.1, -0.05) is 6.07 Å². The highest BCUT2D eigenvalue weighted by molar-refractivity contribution is 5.13. The number of nitrogens with zero attached hydrogens (tertiary/aromatic N) is 2. The predicted octanol–water partition coefficient (Wildman–Crippen LogP) is 1.12. The van der Waals surface area contributed by atoms with Gasteiger partial charge in [-0.2, -0.15) is 5.10 Å². The first-order valence-electron chi connectivity index (χ1n) is 7.23. The van der Waals surface area contributed by atoms with Crippen LogP contribution < -0.4 is 10.9 Å². The average molecular weight is 288 g/mol. The van der Waals surface area contributed by atoms with E-state index in [4.69, 9.17) is 4.74 Å². The van der Waals surface area contributed by atoms with Gasteiger partial charge in [0.2, 0.25) is 5.56 Å². The molecule has 0 aliphatic carbocycles. The Bertz CT molecular complexity index is 629. The van der Waals surface area contributed by atoms with Gasteiger partial charge in [-0.05, 0) is 18.4 Å². The van der Waals surface area contributed by atoms with Crippen LogP contribution in [0.2, 0.25) is 0 Å². The van der Waals surface area contributed by atoms with Crippen LogP contribution in [0.1, 0.15) is 30.1 Å². The van der Waals surface area contributed by atoms with Crippen molar-refractivity contribution in [3.63, 3.8) is 0 Å². The molecule has 1 saturated heterocycles. The van der Waals surface area contributed by atoms with Crippen molar-refractivity contribution >= 4 is 0 Å². The van der Waals surface area contributed by atoms with Crippen molar-refractivity contribution in [2.75, 3.05) is 6.61 Å². The van der Waals surface area contributed by atoms with Crippen LogP contribution in [0.5, 0.6) is 0 Å². The maximum atomic E-state index is 11.1. The molecule has 6 nitrogen and oxygen atoms in total. The third-order valence-corrected chi connectivity index (χ3v) is 3.79. The van der Waals surface area contributed by atoms with Crippen LogP contribution in [0.4, 0.5) is 0 Å². The summed E-state index contributed by atoms with van der Waals surface area (Å²) >= 11 is 0. The largest absolute Gasteiger partial charge is 0.372 e. The van der Waals surface area contributed by atoms with Crippen molar-refractivity contribution in [3.8, 4) is 0 Å². The molecule has 21 heavy (non-hydrogen) atoms. The third-order valence-electron chi connectivity index (χ3n) is 3.79. The summed E-state index contributed by atoms with van der Waals surface area (Å²) in [5.41, 5.74) is 2.09. The van der Waals surface area contributed by atoms with Gasteiger partial charge in [0.15, 0.2) is 0 Å². The summed E-state index contributed by atoms with van der Waals surface area (Å²) in [6.07, 6.45) is 7.78.